The molecule has 2 aromatic rings. The summed E-state index contributed by atoms with van der Waals surface area (Å²) in [7, 11) is 0. The molecule has 0 saturated heterocycles. The van der Waals surface area contributed by atoms with Crippen molar-refractivity contribution in [1.29, 1.82) is 0 Å². The SMILES string of the molecule is O=C(NCCC(c1ccccc1)c1ccccc1)C12CC3CC(CC(C3)C1)C2. The fraction of sp³-hybridized carbons (Fsp3) is 0.500. The third-order valence-corrected chi connectivity index (χ3v) is 7.64. The Bertz CT molecular complexity index is 738. The zero-order valence-electron chi connectivity index (χ0n) is 16.6. The molecule has 0 atom stereocenters. The summed E-state index contributed by atoms with van der Waals surface area (Å²) in [5.74, 6) is 3.14. The van der Waals surface area contributed by atoms with Crippen LogP contribution in [0.2, 0.25) is 0 Å². The first-order valence-corrected chi connectivity index (χ1v) is 11.1. The summed E-state index contributed by atoms with van der Waals surface area (Å²) in [5, 5.41) is 3.37. The minimum Gasteiger partial charge on any atom is -0.356 e. The van der Waals surface area contributed by atoms with E-state index >= 15 is 0 Å². The van der Waals surface area contributed by atoms with Gasteiger partial charge in [-0.15, -0.1) is 0 Å². The average Bonchev–Trinajstić information content (AvgIpc) is 2.71. The number of hydrogen-bond donors (Lipinski definition) is 1. The first-order valence-electron chi connectivity index (χ1n) is 11.1. The maximum atomic E-state index is 13.2. The van der Waals surface area contributed by atoms with Crippen LogP contribution in [0.5, 0.6) is 0 Å². The summed E-state index contributed by atoms with van der Waals surface area (Å²) >= 11 is 0. The third-order valence-electron chi connectivity index (χ3n) is 7.64. The van der Waals surface area contributed by atoms with Crippen LogP contribution >= 0.6 is 0 Å². The van der Waals surface area contributed by atoms with Crippen LogP contribution in [0.3, 0.4) is 0 Å². The Hall–Kier alpha value is -2.09. The topological polar surface area (TPSA) is 29.1 Å². The molecule has 0 heterocycles. The van der Waals surface area contributed by atoms with Gasteiger partial charge < -0.3 is 5.32 Å². The molecule has 4 fully saturated rings. The van der Waals surface area contributed by atoms with Crippen LogP contribution < -0.4 is 5.32 Å². The molecule has 4 aliphatic rings. The Kier molecular flexibility index (Phi) is 4.74. The normalized spacial score (nSPS) is 30.5. The Balaban J connectivity index is 1.26. The summed E-state index contributed by atoms with van der Waals surface area (Å²) in [6, 6.07) is 21.4. The fourth-order valence-electron chi connectivity index (χ4n) is 6.80. The highest BCUT2D eigenvalue weighted by molar-refractivity contribution is 5.83. The second-order valence-corrected chi connectivity index (χ2v) is 9.62. The summed E-state index contributed by atoms with van der Waals surface area (Å²) in [6.45, 7) is 0.759. The van der Waals surface area contributed by atoms with Gasteiger partial charge in [-0.25, -0.2) is 0 Å². The predicted molar refractivity (Wildman–Crippen MR) is 113 cm³/mol. The van der Waals surface area contributed by atoms with Crippen LogP contribution in [-0.2, 0) is 4.79 Å². The van der Waals surface area contributed by atoms with E-state index < -0.39 is 0 Å². The Morgan fingerprint density at radius 3 is 1.75 bits per heavy atom. The molecule has 0 spiro atoms. The van der Waals surface area contributed by atoms with Crippen LogP contribution in [-0.4, -0.2) is 12.5 Å². The van der Waals surface area contributed by atoms with Crippen molar-refractivity contribution in [3.63, 3.8) is 0 Å². The van der Waals surface area contributed by atoms with Crippen molar-refractivity contribution < 1.29 is 4.79 Å². The van der Waals surface area contributed by atoms with Gasteiger partial charge in [-0.1, -0.05) is 60.7 Å². The van der Waals surface area contributed by atoms with E-state index in [1.165, 1.54) is 30.4 Å². The number of benzene rings is 2. The second-order valence-electron chi connectivity index (χ2n) is 9.62. The Labute approximate surface area is 168 Å². The van der Waals surface area contributed by atoms with Gasteiger partial charge in [-0.3, -0.25) is 4.79 Å². The quantitative estimate of drug-likeness (QED) is 0.707. The van der Waals surface area contributed by atoms with Crippen molar-refractivity contribution in [2.45, 2.75) is 50.9 Å². The zero-order chi connectivity index (χ0) is 19.0. The van der Waals surface area contributed by atoms with Crippen molar-refractivity contribution in [2.24, 2.45) is 23.2 Å². The molecule has 146 valence electrons. The molecule has 1 N–H and O–H groups in total. The average molecular weight is 374 g/mol. The maximum absolute atomic E-state index is 13.2. The van der Waals surface area contributed by atoms with E-state index in [2.05, 4.69) is 66.0 Å². The molecule has 2 aromatic carbocycles. The molecule has 2 heteroatoms. The highest BCUT2D eigenvalue weighted by atomic mass is 16.2. The standard InChI is InChI=1S/C26H31NO/c28-25(26-16-19-13-20(17-26)15-21(14-19)18-26)27-12-11-24(22-7-3-1-4-8-22)23-9-5-2-6-10-23/h1-10,19-21,24H,11-18H2,(H,27,28). The van der Waals surface area contributed by atoms with Crippen molar-refractivity contribution in [1.82, 2.24) is 5.32 Å². The largest absolute Gasteiger partial charge is 0.356 e. The molecule has 4 saturated carbocycles. The lowest BCUT2D eigenvalue weighted by atomic mass is 9.49. The van der Waals surface area contributed by atoms with Gasteiger partial charge in [0.15, 0.2) is 0 Å². The van der Waals surface area contributed by atoms with E-state index in [1.807, 2.05) is 0 Å². The number of rotatable bonds is 6. The third kappa shape index (κ3) is 3.38. The van der Waals surface area contributed by atoms with E-state index in [4.69, 9.17) is 0 Å². The van der Waals surface area contributed by atoms with Crippen molar-refractivity contribution in [2.75, 3.05) is 6.54 Å². The molecular formula is C26H31NO. The molecule has 1 amide bonds. The van der Waals surface area contributed by atoms with E-state index in [9.17, 15) is 4.79 Å². The highest BCUT2D eigenvalue weighted by Gasteiger charge is 2.54. The zero-order valence-corrected chi connectivity index (χ0v) is 16.6. The number of hydrogen-bond acceptors (Lipinski definition) is 1. The maximum Gasteiger partial charge on any atom is 0.226 e. The smallest absolute Gasteiger partial charge is 0.226 e. The van der Waals surface area contributed by atoms with Crippen LogP contribution in [0.25, 0.3) is 0 Å². The van der Waals surface area contributed by atoms with Crippen LogP contribution in [0.1, 0.15) is 62.0 Å². The van der Waals surface area contributed by atoms with Gasteiger partial charge in [0.2, 0.25) is 5.91 Å². The van der Waals surface area contributed by atoms with Gasteiger partial charge in [0.05, 0.1) is 0 Å². The molecule has 6 rings (SSSR count). The summed E-state index contributed by atoms with van der Waals surface area (Å²) in [5.41, 5.74) is 2.62. The molecule has 0 radical (unpaired) electrons. The summed E-state index contributed by atoms with van der Waals surface area (Å²) in [4.78, 5) is 13.2. The van der Waals surface area contributed by atoms with E-state index in [0.29, 0.717) is 11.8 Å². The lowest BCUT2D eigenvalue weighted by Gasteiger charge is -2.55. The Morgan fingerprint density at radius 2 is 1.29 bits per heavy atom. The van der Waals surface area contributed by atoms with Crippen molar-refractivity contribution in [3.8, 4) is 0 Å². The van der Waals surface area contributed by atoms with Crippen LogP contribution in [0, 0.1) is 23.2 Å². The van der Waals surface area contributed by atoms with E-state index in [1.54, 1.807) is 0 Å². The summed E-state index contributed by atoms with van der Waals surface area (Å²) < 4.78 is 0. The number of amides is 1. The lowest BCUT2D eigenvalue weighted by Crippen LogP contribution is -2.53. The second kappa shape index (κ2) is 7.39. The molecule has 0 unspecified atom stereocenters. The molecule has 4 aliphatic carbocycles. The van der Waals surface area contributed by atoms with Crippen LogP contribution in [0.4, 0.5) is 0 Å². The molecule has 0 aromatic heterocycles. The number of nitrogens with one attached hydrogen (secondary N) is 1. The van der Waals surface area contributed by atoms with Gasteiger partial charge in [0.1, 0.15) is 0 Å². The fourth-order valence-corrected chi connectivity index (χ4v) is 6.80. The first-order chi connectivity index (χ1) is 13.7. The van der Waals surface area contributed by atoms with Crippen molar-refractivity contribution in [3.05, 3.63) is 71.8 Å². The van der Waals surface area contributed by atoms with Gasteiger partial charge in [0, 0.05) is 17.9 Å². The predicted octanol–water partition coefficient (Wildman–Crippen LogP) is 5.54. The first kappa shape index (κ1) is 18.0. The lowest BCUT2D eigenvalue weighted by molar-refractivity contribution is -0.146. The molecule has 2 nitrogen and oxygen atoms in total. The molecule has 4 bridgehead atoms. The summed E-state index contributed by atoms with van der Waals surface area (Å²) in [6.07, 6.45) is 8.54. The van der Waals surface area contributed by atoms with E-state index in [-0.39, 0.29) is 5.41 Å². The minimum atomic E-state index is -0.0380. The van der Waals surface area contributed by atoms with Gasteiger partial charge in [-0.05, 0) is 73.8 Å². The van der Waals surface area contributed by atoms with E-state index in [0.717, 1.165) is 50.0 Å². The van der Waals surface area contributed by atoms with Crippen LogP contribution in [0.15, 0.2) is 60.7 Å². The van der Waals surface area contributed by atoms with Gasteiger partial charge in [0.25, 0.3) is 0 Å². The highest BCUT2D eigenvalue weighted by Crippen LogP contribution is 2.60. The van der Waals surface area contributed by atoms with Gasteiger partial charge >= 0.3 is 0 Å². The monoisotopic (exact) mass is 373 g/mol. The molecular weight excluding hydrogens is 342 g/mol. The minimum absolute atomic E-state index is 0.0380. The number of carbonyl (C=O) groups excluding carboxylic acids is 1. The Morgan fingerprint density at radius 1 is 0.821 bits per heavy atom. The van der Waals surface area contributed by atoms with Gasteiger partial charge in [-0.2, -0.15) is 0 Å². The molecule has 28 heavy (non-hydrogen) atoms. The molecule has 0 aliphatic heterocycles. The number of carbonyl (C=O) groups is 1. The van der Waals surface area contributed by atoms with Crippen molar-refractivity contribution >= 4 is 5.91 Å².